The van der Waals surface area contributed by atoms with Crippen LogP contribution in [0.15, 0.2) is 23.2 Å². The van der Waals surface area contributed by atoms with Crippen molar-refractivity contribution in [1.82, 2.24) is 19.9 Å². The molecule has 4 rings (SSSR count). The maximum Gasteiger partial charge on any atom is 0.433 e. The van der Waals surface area contributed by atoms with Crippen LogP contribution in [0.1, 0.15) is 58.1 Å². The summed E-state index contributed by atoms with van der Waals surface area (Å²) in [6.07, 6.45) is 2.33. The summed E-state index contributed by atoms with van der Waals surface area (Å²) in [6.45, 7) is 4.01. The summed E-state index contributed by atoms with van der Waals surface area (Å²) >= 11 is 0. The van der Waals surface area contributed by atoms with E-state index in [-0.39, 0.29) is 23.5 Å². The molecule has 0 aromatic carbocycles. The van der Waals surface area contributed by atoms with Crippen LogP contribution in [0, 0.1) is 11.8 Å². The number of aliphatic imine (C=N–C) groups is 1. The molecule has 160 valence electrons. The summed E-state index contributed by atoms with van der Waals surface area (Å²) in [5.41, 5.74) is 0.00571. The van der Waals surface area contributed by atoms with Gasteiger partial charge >= 0.3 is 6.18 Å². The van der Waals surface area contributed by atoms with Crippen molar-refractivity contribution in [3.63, 3.8) is 0 Å². The van der Waals surface area contributed by atoms with Crippen LogP contribution >= 0.6 is 0 Å². The second-order valence-corrected chi connectivity index (χ2v) is 8.19. The Hall–Kier alpha value is -2.58. The largest absolute Gasteiger partial charge is 0.433 e. The SMILES string of the molecule is C/C(=N\c1nc(N[C@H](C)C2CCC2)nc(-c2cccc(C(F)(F)F)n2)n1)C1CCC1. The summed E-state index contributed by atoms with van der Waals surface area (Å²) in [4.78, 5) is 21.4. The second-order valence-electron chi connectivity index (χ2n) is 8.19. The van der Waals surface area contributed by atoms with Gasteiger partial charge in [0.05, 0.1) is 0 Å². The molecule has 0 amide bonds. The molecule has 1 N–H and O–H groups in total. The molecule has 0 spiro atoms. The molecule has 0 aliphatic heterocycles. The van der Waals surface area contributed by atoms with Gasteiger partial charge in [0, 0.05) is 11.8 Å². The molecular weight excluding hydrogens is 393 g/mol. The Morgan fingerprint density at radius 1 is 1.07 bits per heavy atom. The maximum atomic E-state index is 13.1. The zero-order valence-electron chi connectivity index (χ0n) is 17.1. The molecule has 2 aliphatic carbocycles. The molecule has 2 saturated carbocycles. The highest BCUT2D eigenvalue weighted by molar-refractivity contribution is 5.86. The average molecular weight is 418 g/mol. The van der Waals surface area contributed by atoms with Crippen LogP contribution in [-0.4, -0.2) is 31.7 Å². The minimum atomic E-state index is -4.54. The minimum absolute atomic E-state index is 0.0457. The molecule has 0 saturated heterocycles. The van der Waals surface area contributed by atoms with Crippen molar-refractivity contribution in [2.24, 2.45) is 16.8 Å². The van der Waals surface area contributed by atoms with Gasteiger partial charge in [0.15, 0.2) is 5.82 Å². The molecule has 30 heavy (non-hydrogen) atoms. The quantitative estimate of drug-likeness (QED) is 0.632. The molecule has 2 heterocycles. The number of halogens is 3. The molecule has 0 unspecified atom stereocenters. The van der Waals surface area contributed by atoms with E-state index in [9.17, 15) is 13.2 Å². The topological polar surface area (TPSA) is 76.0 Å². The number of aromatic nitrogens is 4. The first-order valence-corrected chi connectivity index (χ1v) is 10.4. The number of nitrogens with one attached hydrogen (secondary N) is 1. The zero-order valence-corrected chi connectivity index (χ0v) is 17.1. The normalized spacial score (nSPS) is 19.2. The Kier molecular flexibility index (Phi) is 5.71. The fourth-order valence-electron chi connectivity index (χ4n) is 3.65. The van der Waals surface area contributed by atoms with E-state index in [1.807, 2.05) is 6.92 Å². The Morgan fingerprint density at radius 3 is 2.40 bits per heavy atom. The van der Waals surface area contributed by atoms with Gasteiger partial charge in [-0.3, -0.25) is 0 Å². The summed E-state index contributed by atoms with van der Waals surface area (Å²) in [7, 11) is 0. The van der Waals surface area contributed by atoms with Gasteiger partial charge in [-0.25, -0.2) is 9.98 Å². The van der Waals surface area contributed by atoms with Crippen molar-refractivity contribution >= 4 is 17.6 Å². The van der Waals surface area contributed by atoms with Gasteiger partial charge in [-0.1, -0.05) is 18.9 Å². The Labute approximate surface area is 173 Å². The van der Waals surface area contributed by atoms with E-state index < -0.39 is 11.9 Å². The summed E-state index contributed by atoms with van der Waals surface area (Å²) in [5, 5.41) is 3.29. The third-order valence-electron chi connectivity index (χ3n) is 6.08. The molecule has 6 nitrogen and oxygen atoms in total. The van der Waals surface area contributed by atoms with E-state index in [2.05, 4.69) is 37.2 Å². The molecule has 2 aromatic heterocycles. The molecule has 0 bridgehead atoms. The Morgan fingerprint density at radius 2 is 1.80 bits per heavy atom. The van der Waals surface area contributed by atoms with E-state index >= 15 is 0 Å². The lowest BCUT2D eigenvalue weighted by Gasteiger charge is -2.31. The smallest absolute Gasteiger partial charge is 0.351 e. The third-order valence-corrected chi connectivity index (χ3v) is 6.08. The molecule has 1 atom stereocenters. The standard InChI is InChI=1S/C21H25F3N6/c1-12(14-6-3-7-14)25-19-28-18(16-10-5-11-17(27-16)21(22,23)24)29-20(30-19)26-13(2)15-8-4-9-15/h5,10-12,14-15H,3-4,6-9H2,1-2H3,(H,25,28,29,30)/b26-13+/t12-/m1/s1. The first-order valence-electron chi connectivity index (χ1n) is 10.4. The molecule has 2 aliphatic rings. The summed E-state index contributed by atoms with van der Waals surface area (Å²) in [5.74, 6) is 1.56. The van der Waals surface area contributed by atoms with Gasteiger partial charge in [0.1, 0.15) is 11.4 Å². The lowest BCUT2D eigenvalue weighted by Crippen LogP contribution is -2.31. The number of rotatable bonds is 6. The number of anilines is 1. The molecule has 2 fully saturated rings. The van der Waals surface area contributed by atoms with Gasteiger partial charge in [-0.05, 0) is 63.5 Å². The van der Waals surface area contributed by atoms with Crippen LogP contribution in [0.3, 0.4) is 0 Å². The highest BCUT2D eigenvalue weighted by atomic mass is 19.4. The summed E-state index contributed by atoms with van der Waals surface area (Å²) in [6, 6.07) is 3.87. The van der Waals surface area contributed by atoms with Gasteiger partial charge < -0.3 is 5.32 Å². The number of pyridine rings is 1. The van der Waals surface area contributed by atoms with Gasteiger partial charge in [0.2, 0.25) is 5.95 Å². The van der Waals surface area contributed by atoms with Gasteiger partial charge in [0.25, 0.3) is 5.95 Å². The van der Waals surface area contributed by atoms with Crippen LogP contribution in [0.25, 0.3) is 11.5 Å². The number of nitrogens with zero attached hydrogens (tertiary/aromatic N) is 5. The van der Waals surface area contributed by atoms with Crippen LogP contribution in [0.4, 0.5) is 25.1 Å². The van der Waals surface area contributed by atoms with E-state index in [1.165, 1.54) is 25.0 Å². The fraction of sp³-hybridized carbons (Fsp3) is 0.571. The first-order chi connectivity index (χ1) is 14.3. The predicted molar refractivity (Wildman–Crippen MR) is 109 cm³/mol. The van der Waals surface area contributed by atoms with Gasteiger partial charge in [-0.2, -0.15) is 28.1 Å². The number of hydrogen-bond acceptors (Lipinski definition) is 6. The molecule has 2 aromatic rings. The first kappa shape index (κ1) is 20.7. The second kappa shape index (κ2) is 8.28. The molecule has 9 heteroatoms. The zero-order chi connectivity index (χ0) is 21.3. The lowest BCUT2D eigenvalue weighted by molar-refractivity contribution is -0.141. The molecule has 0 radical (unpaired) electrons. The lowest BCUT2D eigenvalue weighted by atomic mass is 9.80. The van der Waals surface area contributed by atoms with Crippen LogP contribution in [-0.2, 0) is 6.18 Å². The van der Waals surface area contributed by atoms with Crippen molar-refractivity contribution in [1.29, 1.82) is 0 Å². The predicted octanol–water partition coefficient (Wildman–Crippen LogP) is 5.45. The Balaban J connectivity index is 1.69. The van der Waals surface area contributed by atoms with E-state index in [1.54, 1.807) is 0 Å². The third kappa shape index (κ3) is 4.60. The van der Waals surface area contributed by atoms with Crippen molar-refractivity contribution in [2.75, 3.05) is 5.32 Å². The number of hydrogen-bond donors (Lipinski definition) is 1. The van der Waals surface area contributed by atoms with Gasteiger partial charge in [-0.15, -0.1) is 0 Å². The highest BCUT2D eigenvalue weighted by Gasteiger charge is 2.33. The highest BCUT2D eigenvalue weighted by Crippen LogP contribution is 2.32. The van der Waals surface area contributed by atoms with E-state index in [4.69, 9.17) is 0 Å². The van der Waals surface area contributed by atoms with Crippen molar-refractivity contribution in [3.8, 4) is 11.5 Å². The number of alkyl halides is 3. The van der Waals surface area contributed by atoms with Crippen LogP contribution in [0.5, 0.6) is 0 Å². The Bertz CT molecular complexity index is 935. The van der Waals surface area contributed by atoms with Crippen molar-refractivity contribution < 1.29 is 13.2 Å². The van der Waals surface area contributed by atoms with Crippen LogP contribution in [0.2, 0.25) is 0 Å². The van der Waals surface area contributed by atoms with E-state index in [0.29, 0.717) is 17.8 Å². The maximum absolute atomic E-state index is 13.1. The van der Waals surface area contributed by atoms with Crippen LogP contribution < -0.4 is 5.32 Å². The molecular formula is C21H25F3N6. The average Bonchev–Trinajstić information content (AvgIpc) is 2.57. The van der Waals surface area contributed by atoms with E-state index in [0.717, 1.165) is 37.5 Å². The fourth-order valence-corrected chi connectivity index (χ4v) is 3.65. The minimum Gasteiger partial charge on any atom is -0.351 e. The van der Waals surface area contributed by atoms with Crippen molar-refractivity contribution in [2.45, 2.75) is 64.6 Å². The van der Waals surface area contributed by atoms with Crippen molar-refractivity contribution in [3.05, 3.63) is 23.9 Å². The monoisotopic (exact) mass is 418 g/mol. The summed E-state index contributed by atoms with van der Waals surface area (Å²) < 4.78 is 39.3.